The van der Waals surface area contributed by atoms with Crippen molar-refractivity contribution in [1.82, 2.24) is 9.80 Å². The van der Waals surface area contributed by atoms with Crippen LogP contribution in [0.3, 0.4) is 0 Å². The SMILES string of the molecule is CCN(CC)C1CCN(C(=O)CCC(=O)O)C1. The molecule has 0 saturated carbocycles. The Bertz CT molecular complexity index is 277. The Morgan fingerprint density at radius 2 is 1.94 bits per heavy atom. The molecule has 0 spiro atoms. The van der Waals surface area contributed by atoms with Gasteiger partial charge in [0.2, 0.25) is 5.91 Å². The summed E-state index contributed by atoms with van der Waals surface area (Å²) in [6.07, 6.45) is 1.06. The van der Waals surface area contributed by atoms with E-state index in [2.05, 4.69) is 18.7 Å². The summed E-state index contributed by atoms with van der Waals surface area (Å²) < 4.78 is 0. The minimum absolute atomic E-state index is 0.0259. The average molecular weight is 242 g/mol. The van der Waals surface area contributed by atoms with Gasteiger partial charge in [-0.2, -0.15) is 0 Å². The summed E-state index contributed by atoms with van der Waals surface area (Å²) >= 11 is 0. The zero-order valence-corrected chi connectivity index (χ0v) is 10.7. The molecule has 1 rings (SSSR count). The van der Waals surface area contributed by atoms with Crippen molar-refractivity contribution >= 4 is 11.9 Å². The number of likely N-dealkylation sites (N-methyl/N-ethyl adjacent to an activating group) is 1. The first kappa shape index (κ1) is 14.0. The highest BCUT2D eigenvalue weighted by Crippen LogP contribution is 2.16. The molecule has 17 heavy (non-hydrogen) atoms. The van der Waals surface area contributed by atoms with E-state index < -0.39 is 5.97 Å². The molecule has 0 aromatic heterocycles. The lowest BCUT2D eigenvalue weighted by Crippen LogP contribution is -2.38. The molecule has 1 aliphatic heterocycles. The predicted molar refractivity (Wildman–Crippen MR) is 64.8 cm³/mol. The van der Waals surface area contributed by atoms with Crippen LogP contribution in [0.15, 0.2) is 0 Å². The zero-order chi connectivity index (χ0) is 12.8. The van der Waals surface area contributed by atoms with E-state index in [-0.39, 0.29) is 18.7 Å². The quantitative estimate of drug-likeness (QED) is 0.748. The summed E-state index contributed by atoms with van der Waals surface area (Å²) in [5, 5.41) is 8.54. The van der Waals surface area contributed by atoms with Crippen molar-refractivity contribution in [2.45, 2.75) is 39.2 Å². The highest BCUT2D eigenvalue weighted by Gasteiger charge is 2.28. The van der Waals surface area contributed by atoms with Crippen LogP contribution < -0.4 is 0 Å². The molecule has 1 saturated heterocycles. The summed E-state index contributed by atoms with van der Waals surface area (Å²) in [5.74, 6) is -0.931. The van der Waals surface area contributed by atoms with Crippen LogP contribution in [0.5, 0.6) is 0 Å². The number of hydrogen-bond acceptors (Lipinski definition) is 3. The molecular weight excluding hydrogens is 220 g/mol. The fraction of sp³-hybridized carbons (Fsp3) is 0.833. The molecule has 5 nitrogen and oxygen atoms in total. The standard InChI is InChI=1S/C12H22N2O3/c1-3-13(4-2)10-7-8-14(9-10)11(15)5-6-12(16)17/h10H,3-9H2,1-2H3,(H,16,17). The maximum absolute atomic E-state index is 11.7. The van der Waals surface area contributed by atoms with Gasteiger partial charge in [0.1, 0.15) is 0 Å². The van der Waals surface area contributed by atoms with Gasteiger partial charge in [0.05, 0.1) is 6.42 Å². The lowest BCUT2D eigenvalue weighted by Gasteiger charge is -2.26. The zero-order valence-electron chi connectivity index (χ0n) is 10.7. The Hall–Kier alpha value is -1.10. The summed E-state index contributed by atoms with van der Waals surface area (Å²) in [4.78, 5) is 26.3. The second-order valence-corrected chi connectivity index (χ2v) is 4.40. The van der Waals surface area contributed by atoms with Crippen LogP contribution in [-0.2, 0) is 9.59 Å². The molecule has 1 heterocycles. The molecule has 0 bridgehead atoms. The van der Waals surface area contributed by atoms with Gasteiger partial charge in [-0.15, -0.1) is 0 Å². The van der Waals surface area contributed by atoms with E-state index in [0.29, 0.717) is 6.04 Å². The van der Waals surface area contributed by atoms with Crippen LogP contribution in [0.4, 0.5) is 0 Å². The van der Waals surface area contributed by atoms with Gasteiger partial charge < -0.3 is 10.0 Å². The van der Waals surface area contributed by atoms with Crippen LogP contribution in [0, 0.1) is 0 Å². The minimum atomic E-state index is -0.905. The molecule has 1 atom stereocenters. The van der Waals surface area contributed by atoms with Gasteiger partial charge >= 0.3 is 5.97 Å². The molecular formula is C12H22N2O3. The van der Waals surface area contributed by atoms with Gasteiger partial charge in [-0.1, -0.05) is 13.8 Å². The van der Waals surface area contributed by atoms with Crippen molar-refractivity contribution in [2.24, 2.45) is 0 Å². The van der Waals surface area contributed by atoms with Crippen molar-refractivity contribution in [3.63, 3.8) is 0 Å². The summed E-state index contributed by atoms with van der Waals surface area (Å²) in [5.41, 5.74) is 0. The fourth-order valence-corrected chi connectivity index (χ4v) is 2.38. The minimum Gasteiger partial charge on any atom is -0.481 e. The van der Waals surface area contributed by atoms with Crippen LogP contribution in [-0.4, -0.2) is 59.0 Å². The first-order valence-corrected chi connectivity index (χ1v) is 6.32. The summed E-state index contributed by atoms with van der Waals surface area (Å²) in [6.45, 7) is 7.76. The maximum atomic E-state index is 11.7. The molecule has 0 aromatic carbocycles. The van der Waals surface area contributed by atoms with E-state index in [1.165, 1.54) is 0 Å². The van der Waals surface area contributed by atoms with E-state index in [1.807, 2.05) is 0 Å². The third kappa shape index (κ3) is 4.00. The summed E-state index contributed by atoms with van der Waals surface area (Å²) in [7, 11) is 0. The molecule has 0 aromatic rings. The number of amides is 1. The number of carboxylic acids is 1. The van der Waals surface area contributed by atoms with Crippen LogP contribution in [0.2, 0.25) is 0 Å². The number of nitrogens with zero attached hydrogens (tertiary/aromatic N) is 2. The lowest BCUT2D eigenvalue weighted by atomic mass is 10.2. The first-order valence-electron chi connectivity index (χ1n) is 6.32. The van der Waals surface area contributed by atoms with Crippen molar-refractivity contribution in [3.05, 3.63) is 0 Å². The lowest BCUT2D eigenvalue weighted by molar-refractivity contribution is -0.140. The Balaban J connectivity index is 2.38. The molecule has 5 heteroatoms. The second kappa shape index (κ2) is 6.59. The van der Waals surface area contributed by atoms with Crippen LogP contribution in [0.1, 0.15) is 33.1 Å². The number of carbonyl (C=O) groups excluding carboxylic acids is 1. The second-order valence-electron chi connectivity index (χ2n) is 4.40. The van der Waals surface area contributed by atoms with E-state index in [9.17, 15) is 9.59 Å². The third-order valence-electron chi connectivity index (χ3n) is 3.40. The Morgan fingerprint density at radius 3 is 2.47 bits per heavy atom. The number of rotatable bonds is 6. The molecule has 1 N–H and O–H groups in total. The predicted octanol–water partition coefficient (Wildman–Crippen LogP) is 0.794. The Kier molecular flexibility index (Phi) is 5.41. The largest absolute Gasteiger partial charge is 0.481 e. The van der Waals surface area contributed by atoms with Gasteiger partial charge in [0, 0.05) is 25.6 Å². The van der Waals surface area contributed by atoms with Gasteiger partial charge in [-0.05, 0) is 19.5 Å². The number of likely N-dealkylation sites (tertiary alicyclic amines) is 1. The average Bonchev–Trinajstić information content (AvgIpc) is 2.77. The Labute approximate surface area is 102 Å². The number of carbonyl (C=O) groups is 2. The molecule has 1 amide bonds. The van der Waals surface area contributed by atoms with E-state index in [1.54, 1.807) is 4.90 Å². The highest BCUT2D eigenvalue weighted by molar-refractivity contribution is 5.80. The first-order chi connectivity index (χ1) is 8.08. The Morgan fingerprint density at radius 1 is 1.29 bits per heavy atom. The number of carboxylic acid groups (broad SMARTS) is 1. The van der Waals surface area contributed by atoms with Crippen molar-refractivity contribution in [2.75, 3.05) is 26.2 Å². The molecule has 0 radical (unpaired) electrons. The van der Waals surface area contributed by atoms with Crippen LogP contribution >= 0.6 is 0 Å². The van der Waals surface area contributed by atoms with Crippen LogP contribution in [0.25, 0.3) is 0 Å². The summed E-state index contributed by atoms with van der Waals surface area (Å²) in [6, 6.07) is 0.443. The highest BCUT2D eigenvalue weighted by atomic mass is 16.4. The van der Waals surface area contributed by atoms with E-state index in [0.717, 1.165) is 32.6 Å². The van der Waals surface area contributed by atoms with Crippen molar-refractivity contribution < 1.29 is 14.7 Å². The van der Waals surface area contributed by atoms with Gasteiger partial charge in [-0.3, -0.25) is 14.5 Å². The molecule has 1 fully saturated rings. The van der Waals surface area contributed by atoms with Crippen molar-refractivity contribution in [1.29, 1.82) is 0 Å². The maximum Gasteiger partial charge on any atom is 0.303 e. The molecule has 1 unspecified atom stereocenters. The fourth-order valence-electron chi connectivity index (χ4n) is 2.38. The van der Waals surface area contributed by atoms with Crippen molar-refractivity contribution in [3.8, 4) is 0 Å². The van der Waals surface area contributed by atoms with Gasteiger partial charge in [-0.25, -0.2) is 0 Å². The third-order valence-corrected chi connectivity index (χ3v) is 3.40. The topological polar surface area (TPSA) is 60.9 Å². The van der Waals surface area contributed by atoms with Gasteiger partial charge in [0.25, 0.3) is 0 Å². The molecule has 1 aliphatic rings. The smallest absolute Gasteiger partial charge is 0.303 e. The van der Waals surface area contributed by atoms with E-state index >= 15 is 0 Å². The molecule has 98 valence electrons. The monoisotopic (exact) mass is 242 g/mol. The number of aliphatic carboxylic acids is 1. The van der Waals surface area contributed by atoms with E-state index in [4.69, 9.17) is 5.11 Å². The normalized spacial score (nSPS) is 19.9. The molecule has 0 aliphatic carbocycles. The number of hydrogen-bond donors (Lipinski definition) is 1. The van der Waals surface area contributed by atoms with Gasteiger partial charge in [0.15, 0.2) is 0 Å².